The molecule has 0 heterocycles. The highest BCUT2D eigenvalue weighted by atomic mass is 16.2. The van der Waals surface area contributed by atoms with Gasteiger partial charge in [-0.15, -0.1) is 0 Å². The van der Waals surface area contributed by atoms with Crippen LogP contribution in [0.2, 0.25) is 0 Å². The molecule has 0 saturated heterocycles. The van der Waals surface area contributed by atoms with Gasteiger partial charge in [-0.05, 0) is 37.1 Å². The van der Waals surface area contributed by atoms with E-state index in [1.54, 1.807) is 26.2 Å². The fourth-order valence-electron chi connectivity index (χ4n) is 1.75. The largest absolute Gasteiger partial charge is 0.345 e. The van der Waals surface area contributed by atoms with Crippen molar-refractivity contribution in [2.45, 2.75) is 20.3 Å². The molecule has 0 bridgehead atoms. The Labute approximate surface area is 120 Å². The zero-order chi connectivity index (χ0) is 15.3. The second kappa shape index (κ2) is 7.05. The number of nitrogens with one attached hydrogen (secondary N) is 1. The van der Waals surface area contributed by atoms with Gasteiger partial charge in [-0.3, -0.25) is 9.59 Å². The van der Waals surface area contributed by atoms with Gasteiger partial charge in [0.2, 0.25) is 5.91 Å². The zero-order valence-corrected chi connectivity index (χ0v) is 12.6. The number of hydrogen-bond donors (Lipinski definition) is 2. The van der Waals surface area contributed by atoms with Crippen LogP contribution in [0.25, 0.3) is 0 Å². The van der Waals surface area contributed by atoms with E-state index in [9.17, 15) is 9.59 Å². The summed E-state index contributed by atoms with van der Waals surface area (Å²) in [6.45, 7) is 4.30. The minimum atomic E-state index is -0.0872. The predicted octanol–water partition coefficient (Wildman–Crippen LogP) is 1.62. The molecule has 1 aromatic rings. The molecule has 0 aliphatic carbocycles. The first kappa shape index (κ1) is 16.2. The molecule has 1 atom stereocenters. The first-order valence-corrected chi connectivity index (χ1v) is 6.67. The van der Waals surface area contributed by atoms with Crippen molar-refractivity contribution < 1.29 is 9.59 Å². The lowest BCUT2D eigenvalue weighted by molar-refractivity contribution is -0.116. The lowest BCUT2D eigenvalue weighted by Gasteiger charge is -2.14. The summed E-state index contributed by atoms with van der Waals surface area (Å²) in [7, 11) is 3.40. The molecule has 1 rings (SSSR count). The van der Waals surface area contributed by atoms with Crippen LogP contribution in [0.1, 0.15) is 29.3 Å². The maximum atomic E-state index is 11.9. The Bertz CT molecular complexity index is 498. The summed E-state index contributed by atoms with van der Waals surface area (Å²) in [6, 6.07) is 5.30. The average molecular weight is 277 g/mol. The Morgan fingerprint density at radius 3 is 2.55 bits per heavy atom. The van der Waals surface area contributed by atoms with Gasteiger partial charge in [0.15, 0.2) is 0 Å². The van der Waals surface area contributed by atoms with Gasteiger partial charge in [0.1, 0.15) is 0 Å². The molecule has 0 aliphatic rings. The summed E-state index contributed by atoms with van der Waals surface area (Å²) < 4.78 is 0. The number of rotatable bonds is 5. The summed E-state index contributed by atoms with van der Waals surface area (Å²) >= 11 is 0. The lowest BCUT2D eigenvalue weighted by atomic mass is 10.1. The maximum Gasteiger partial charge on any atom is 0.253 e. The molecule has 0 aromatic heterocycles. The fraction of sp³-hybridized carbons (Fsp3) is 0.467. The molecular formula is C15H23N3O2. The van der Waals surface area contributed by atoms with Crippen molar-refractivity contribution in [3.63, 3.8) is 0 Å². The molecule has 110 valence electrons. The van der Waals surface area contributed by atoms with E-state index in [0.29, 0.717) is 24.2 Å². The molecule has 5 nitrogen and oxygen atoms in total. The molecule has 0 spiro atoms. The number of amides is 2. The van der Waals surface area contributed by atoms with E-state index in [1.165, 1.54) is 4.90 Å². The van der Waals surface area contributed by atoms with Crippen LogP contribution in [0.4, 0.5) is 5.69 Å². The number of nitrogens with zero attached hydrogens (tertiary/aromatic N) is 1. The van der Waals surface area contributed by atoms with Gasteiger partial charge >= 0.3 is 0 Å². The lowest BCUT2D eigenvalue weighted by Crippen LogP contribution is -2.23. The standard InChI is InChI=1S/C15H23N3O2/c1-10(9-16)7-14(19)17-13-8-12(6-5-11(13)2)15(20)18(3)4/h5-6,8,10H,7,9,16H2,1-4H3,(H,17,19). The molecule has 0 radical (unpaired) electrons. The average Bonchev–Trinajstić information content (AvgIpc) is 2.40. The molecule has 0 saturated carbocycles. The summed E-state index contributed by atoms with van der Waals surface area (Å²) in [5, 5.41) is 2.84. The maximum absolute atomic E-state index is 11.9. The van der Waals surface area contributed by atoms with Crippen molar-refractivity contribution in [3.8, 4) is 0 Å². The van der Waals surface area contributed by atoms with Crippen molar-refractivity contribution in [1.82, 2.24) is 4.90 Å². The number of benzene rings is 1. The van der Waals surface area contributed by atoms with Crippen LogP contribution in [-0.4, -0.2) is 37.4 Å². The topological polar surface area (TPSA) is 75.4 Å². The van der Waals surface area contributed by atoms with Gasteiger partial charge in [-0.1, -0.05) is 13.0 Å². The third-order valence-electron chi connectivity index (χ3n) is 3.10. The number of hydrogen-bond acceptors (Lipinski definition) is 3. The van der Waals surface area contributed by atoms with Crippen LogP contribution in [0, 0.1) is 12.8 Å². The minimum absolute atomic E-state index is 0.0829. The first-order valence-electron chi connectivity index (χ1n) is 6.67. The Balaban J connectivity index is 2.87. The van der Waals surface area contributed by atoms with Crippen molar-refractivity contribution in [3.05, 3.63) is 29.3 Å². The van der Waals surface area contributed by atoms with Gasteiger partial charge in [0, 0.05) is 31.8 Å². The molecule has 1 unspecified atom stereocenters. The van der Waals surface area contributed by atoms with Gasteiger partial charge < -0.3 is 16.0 Å². The SMILES string of the molecule is Cc1ccc(C(=O)N(C)C)cc1NC(=O)CC(C)CN. The Hall–Kier alpha value is -1.88. The van der Waals surface area contributed by atoms with Gasteiger partial charge in [-0.25, -0.2) is 0 Å². The van der Waals surface area contributed by atoms with Crippen LogP contribution < -0.4 is 11.1 Å². The normalized spacial score (nSPS) is 11.8. The predicted molar refractivity (Wildman–Crippen MR) is 80.7 cm³/mol. The van der Waals surface area contributed by atoms with Gasteiger partial charge in [-0.2, -0.15) is 0 Å². The molecule has 3 N–H and O–H groups in total. The van der Waals surface area contributed by atoms with Crippen LogP contribution in [0.15, 0.2) is 18.2 Å². The number of nitrogens with two attached hydrogens (primary N) is 1. The third kappa shape index (κ3) is 4.35. The second-order valence-corrected chi connectivity index (χ2v) is 5.32. The molecule has 5 heteroatoms. The van der Waals surface area contributed by atoms with E-state index >= 15 is 0 Å². The highest BCUT2D eigenvalue weighted by Crippen LogP contribution is 2.18. The van der Waals surface area contributed by atoms with Crippen molar-refractivity contribution >= 4 is 17.5 Å². The molecule has 0 fully saturated rings. The van der Waals surface area contributed by atoms with Crippen LogP contribution in [0.5, 0.6) is 0 Å². The van der Waals surface area contributed by atoms with Crippen LogP contribution >= 0.6 is 0 Å². The van der Waals surface area contributed by atoms with E-state index in [1.807, 2.05) is 19.9 Å². The summed E-state index contributed by atoms with van der Waals surface area (Å²) in [6.07, 6.45) is 0.377. The molecular weight excluding hydrogens is 254 g/mol. The quantitative estimate of drug-likeness (QED) is 0.858. The Morgan fingerprint density at radius 2 is 2.00 bits per heavy atom. The number of aryl methyl sites for hydroxylation is 1. The van der Waals surface area contributed by atoms with Crippen LogP contribution in [0.3, 0.4) is 0 Å². The highest BCUT2D eigenvalue weighted by molar-refractivity contribution is 5.97. The minimum Gasteiger partial charge on any atom is -0.345 e. The monoisotopic (exact) mass is 277 g/mol. The second-order valence-electron chi connectivity index (χ2n) is 5.32. The van der Waals surface area contributed by atoms with E-state index in [-0.39, 0.29) is 17.7 Å². The third-order valence-corrected chi connectivity index (χ3v) is 3.10. The van der Waals surface area contributed by atoms with Gasteiger partial charge in [0.05, 0.1) is 0 Å². The van der Waals surface area contributed by atoms with E-state index < -0.39 is 0 Å². The molecule has 20 heavy (non-hydrogen) atoms. The smallest absolute Gasteiger partial charge is 0.253 e. The van der Waals surface area contributed by atoms with E-state index in [2.05, 4.69) is 5.32 Å². The molecule has 1 aromatic carbocycles. The number of anilines is 1. The van der Waals surface area contributed by atoms with E-state index in [4.69, 9.17) is 5.73 Å². The zero-order valence-electron chi connectivity index (χ0n) is 12.6. The summed E-state index contributed by atoms with van der Waals surface area (Å²) in [5.74, 6) is -0.0294. The van der Waals surface area contributed by atoms with Crippen LogP contribution in [-0.2, 0) is 4.79 Å². The molecule has 0 aliphatic heterocycles. The Kier molecular flexibility index (Phi) is 5.70. The van der Waals surface area contributed by atoms with E-state index in [0.717, 1.165) is 5.56 Å². The highest BCUT2D eigenvalue weighted by Gasteiger charge is 2.13. The summed E-state index contributed by atoms with van der Waals surface area (Å²) in [5.41, 5.74) is 7.67. The van der Waals surface area contributed by atoms with Crippen molar-refractivity contribution in [2.24, 2.45) is 11.7 Å². The fourth-order valence-corrected chi connectivity index (χ4v) is 1.75. The summed E-state index contributed by atoms with van der Waals surface area (Å²) in [4.78, 5) is 25.3. The Morgan fingerprint density at radius 1 is 1.35 bits per heavy atom. The molecule has 2 amide bonds. The van der Waals surface area contributed by atoms with Crippen molar-refractivity contribution in [2.75, 3.05) is 26.0 Å². The first-order chi connectivity index (χ1) is 9.35. The van der Waals surface area contributed by atoms with Gasteiger partial charge in [0.25, 0.3) is 5.91 Å². The number of carbonyl (C=O) groups excluding carboxylic acids is 2. The van der Waals surface area contributed by atoms with Crippen molar-refractivity contribution in [1.29, 1.82) is 0 Å². The number of carbonyl (C=O) groups is 2.